The Morgan fingerprint density at radius 2 is 1.79 bits per heavy atom. The number of nitrogens with one attached hydrogen (secondary N) is 1. The van der Waals surface area contributed by atoms with Gasteiger partial charge in [-0.2, -0.15) is 15.1 Å². The number of nitro groups is 1. The summed E-state index contributed by atoms with van der Waals surface area (Å²) in [5.41, 5.74) is 3.63. The van der Waals surface area contributed by atoms with Gasteiger partial charge in [0.05, 0.1) is 11.1 Å². The van der Waals surface area contributed by atoms with E-state index in [9.17, 15) is 10.1 Å². The number of rotatable bonds is 6. The molecule has 1 heterocycles. The van der Waals surface area contributed by atoms with Crippen LogP contribution >= 0.6 is 0 Å². The minimum atomic E-state index is -0.439. The third-order valence-corrected chi connectivity index (χ3v) is 3.06. The molecule has 2 rings (SSSR count). The summed E-state index contributed by atoms with van der Waals surface area (Å²) in [6.45, 7) is 0. The largest absolute Gasteiger partial charge is 0.363 e. The van der Waals surface area contributed by atoms with E-state index in [0.717, 1.165) is 11.4 Å². The lowest BCUT2D eigenvalue weighted by Crippen LogP contribution is -2.17. The lowest BCUT2D eigenvalue weighted by molar-refractivity contribution is -0.384. The van der Waals surface area contributed by atoms with Gasteiger partial charge in [0.2, 0.25) is 5.95 Å². The normalized spacial score (nSPS) is 10.7. The molecule has 0 aliphatic heterocycles. The summed E-state index contributed by atoms with van der Waals surface area (Å²) in [6.07, 6.45) is 1.57. The number of nitro benzene ring substituents is 1. The average Bonchev–Trinajstić information content (AvgIpc) is 2.55. The van der Waals surface area contributed by atoms with Gasteiger partial charge < -0.3 is 9.80 Å². The van der Waals surface area contributed by atoms with Crippen molar-refractivity contribution in [2.45, 2.75) is 0 Å². The fourth-order valence-electron chi connectivity index (χ4n) is 1.76. The second-order valence-corrected chi connectivity index (χ2v) is 5.42. The Balaban J connectivity index is 2.14. The molecule has 1 N–H and O–H groups in total. The van der Waals surface area contributed by atoms with E-state index in [0.29, 0.717) is 11.8 Å². The van der Waals surface area contributed by atoms with Crippen molar-refractivity contribution in [1.82, 2.24) is 9.97 Å². The van der Waals surface area contributed by atoms with Gasteiger partial charge >= 0.3 is 0 Å². The fourth-order valence-corrected chi connectivity index (χ4v) is 1.76. The van der Waals surface area contributed by atoms with Crippen molar-refractivity contribution in [2.24, 2.45) is 5.10 Å². The van der Waals surface area contributed by atoms with Crippen LogP contribution in [0.3, 0.4) is 0 Å². The summed E-state index contributed by atoms with van der Waals surface area (Å²) in [5, 5.41) is 14.7. The molecule has 0 saturated heterocycles. The average molecular weight is 329 g/mol. The quantitative estimate of drug-likeness (QED) is 0.491. The second kappa shape index (κ2) is 7.36. The molecule has 0 spiro atoms. The smallest absolute Gasteiger partial charge is 0.269 e. The van der Waals surface area contributed by atoms with Crippen LogP contribution < -0.4 is 15.2 Å². The van der Waals surface area contributed by atoms with Gasteiger partial charge in [-0.15, -0.1) is 0 Å². The summed E-state index contributed by atoms with van der Waals surface area (Å²) in [6, 6.07) is 7.89. The Morgan fingerprint density at radius 1 is 1.12 bits per heavy atom. The molecular formula is C15H19N7O2. The number of anilines is 3. The fraction of sp³-hybridized carbons (Fsp3) is 0.267. The molecule has 0 saturated carbocycles. The molecule has 2 aromatic rings. The zero-order valence-corrected chi connectivity index (χ0v) is 14.0. The van der Waals surface area contributed by atoms with Crippen molar-refractivity contribution in [1.29, 1.82) is 0 Å². The third kappa shape index (κ3) is 4.38. The molecule has 126 valence electrons. The summed E-state index contributed by atoms with van der Waals surface area (Å²) in [7, 11) is 7.51. The Hall–Kier alpha value is -3.23. The van der Waals surface area contributed by atoms with Crippen LogP contribution in [0.1, 0.15) is 5.56 Å². The SMILES string of the molecule is CN(C)c1cc(N/N=C\c2ccc([N+](=O)[O-])cc2)nc(N(C)C)n1. The van der Waals surface area contributed by atoms with Gasteiger partial charge in [-0.1, -0.05) is 0 Å². The van der Waals surface area contributed by atoms with E-state index >= 15 is 0 Å². The predicted octanol–water partition coefficient (Wildman–Crippen LogP) is 1.96. The highest BCUT2D eigenvalue weighted by Crippen LogP contribution is 2.17. The number of hydrogen-bond acceptors (Lipinski definition) is 8. The molecular weight excluding hydrogens is 310 g/mol. The monoisotopic (exact) mass is 329 g/mol. The van der Waals surface area contributed by atoms with Gasteiger partial charge in [0, 0.05) is 46.4 Å². The van der Waals surface area contributed by atoms with Crippen LogP contribution in [-0.4, -0.2) is 49.3 Å². The van der Waals surface area contributed by atoms with Crippen molar-refractivity contribution >= 4 is 29.5 Å². The highest BCUT2D eigenvalue weighted by atomic mass is 16.6. The molecule has 0 aliphatic rings. The first-order valence-electron chi connectivity index (χ1n) is 7.14. The van der Waals surface area contributed by atoms with Crippen LogP contribution in [0.4, 0.5) is 23.3 Å². The molecule has 0 bridgehead atoms. The van der Waals surface area contributed by atoms with Gasteiger partial charge in [0.25, 0.3) is 5.69 Å². The highest BCUT2D eigenvalue weighted by molar-refractivity contribution is 5.80. The van der Waals surface area contributed by atoms with Crippen molar-refractivity contribution < 1.29 is 4.92 Å². The number of hydrazone groups is 1. The molecule has 0 radical (unpaired) electrons. The van der Waals surface area contributed by atoms with Crippen molar-refractivity contribution in [3.63, 3.8) is 0 Å². The lowest BCUT2D eigenvalue weighted by atomic mass is 10.2. The van der Waals surface area contributed by atoms with Crippen LogP contribution in [0.15, 0.2) is 35.4 Å². The number of benzene rings is 1. The maximum atomic E-state index is 10.6. The lowest BCUT2D eigenvalue weighted by Gasteiger charge is -2.16. The summed E-state index contributed by atoms with van der Waals surface area (Å²) < 4.78 is 0. The number of non-ortho nitro benzene ring substituents is 1. The third-order valence-electron chi connectivity index (χ3n) is 3.06. The first-order chi connectivity index (χ1) is 11.4. The molecule has 9 heteroatoms. The van der Waals surface area contributed by atoms with Crippen LogP contribution in [0, 0.1) is 10.1 Å². The molecule has 24 heavy (non-hydrogen) atoms. The van der Waals surface area contributed by atoms with E-state index in [-0.39, 0.29) is 5.69 Å². The van der Waals surface area contributed by atoms with Gasteiger partial charge in [-0.05, 0) is 17.7 Å². The Kier molecular flexibility index (Phi) is 5.25. The summed E-state index contributed by atoms with van der Waals surface area (Å²) in [5.74, 6) is 1.87. The molecule has 0 amide bonds. The van der Waals surface area contributed by atoms with Crippen LogP contribution in [0.25, 0.3) is 0 Å². The van der Waals surface area contributed by atoms with E-state index in [2.05, 4.69) is 20.5 Å². The van der Waals surface area contributed by atoms with Crippen molar-refractivity contribution in [3.05, 3.63) is 46.0 Å². The molecule has 1 aromatic heterocycles. The number of hydrogen-bond donors (Lipinski definition) is 1. The van der Waals surface area contributed by atoms with Crippen molar-refractivity contribution in [3.8, 4) is 0 Å². The standard InChI is InChI=1S/C15H19N7O2/c1-20(2)14-9-13(17-15(18-14)21(3)4)19-16-10-11-5-7-12(8-6-11)22(23)24/h5-10H,1-4H3,(H,17,18,19)/b16-10-. The predicted molar refractivity (Wildman–Crippen MR) is 95.0 cm³/mol. The van der Waals surface area contributed by atoms with E-state index in [1.165, 1.54) is 12.1 Å². The molecule has 0 atom stereocenters. The first-order valence-corrected chi connectivity index (χ1v) is 7.14. The maximum absolute atomic E-state index is 10.6. The van der Waals surface area contributed by atoms with E-state index in [1.807, 2.05) is 33.1 Å². The molecule has 0 unspecified atom stereocenters. The van der Waals surface area contributed by atoms with E-state index < -0.39 is 4.92 Å². The van der Waals surface area contributed by atoms with Gasteiger partial charge in [0.15, 0.2) is 5.82 Å². The Morgan fingerprint density at radius 3 is 2.33 bits per heavy atom. The number of nitrogens with zero attached hydrogens (tertiary/aromatic N) is 6. The summed E-state index contributed by atoms with van der Waals surface area (Å²) >= 11 is 0. The number of aromatic nitrogens is 2. The molecule has 0 aliphatic carbocycles. The van der Waals surface area contributed by atoms with Gasteiger partial charge in [-0.25, -0.2) is 0 Å². The minimum absolute atomic E-state index is 0.0437. The van der Waals surface area contributed by atoms with Gasteiger partial charge in [-0.3, -0.25) is 15.5 Å². The first kappa shape index (κ1) is 17.1. The van der Waals surface area contributed by atoms with Crippen LogP contribution in [0.2, 0.25) is 0 Å². The minimum Gasteiger partial charge on any atom is -0.363 e. The van der Waals surface area contributed by atoms with Crippen molar-refractivity contribution in [2.75, 3.05) is 43.4 Å². The Labute approximate surface area is 139 Å². The second-order valence-electron chi connectivity index (χ2n) is 5.42. The van der Waals surface area contributed by atoms with Crippen LogP contribution in [-0.2, 0) is 0 Å². The van der Waals surface area contributed by atoms with Crippen LogP contribution in [0.5, 0.6) is 0 Å². The van der Waals surface area contributed by atoms with E-state index in [4.69, 9.17) is 0 Å². The zero-order valence-electron chi connectivity index (χ0n) is 14.0. The highest BCUT2D eigenvalue weighted by Gasteiger charge is 2.07. The Bertz CT molecular complexity index is 716. The molecule has 9 nitrogen and oxygen atoms in total. The topological polar surface area (TPSA) is 99.8 Å². The maximum Gasteiger partial charge on any atom is 0.269 e. The summed E-state index contributed by atoms with van der Waals surface area (Å²) in [4.78, 5) is 22.6. The molecule has 1 aromatic carbocycles. The van der Waals surface area contributed by atoms with Gasteiger partial charge in [0.1, 0.15) is 5.82 Å². The van der Waals surface area contributed by atoms with E-state index in [1.54, 1.807) is 29.3 Å². The zero-order chi connectivity index (χ0) is 17.7. The molecule has 0 fully saturated rings.